The van der Waals surface area contributed by atoms with Crippen molar-refractivity contribution in [2.45, 2.75) is 31.7 Å². The minimum Gasteiger partial charge on any atom is -0.494 e. The van der Waals surface area contributed by atoms with Gasteiger partial charge in [0.25, 0.3) is 0 Å². The van der Waals surface area contributed by atoms with Crippen molar-refractivity contribution in [3.63, 3.8) is 0 Å². The summed E-state index contributed by atoms with van der Waals surface area (Å²) >= 11 is 1.73. The first-order chi connectivity index (χ1) is 14.7. The molecule has 0 unspecified atom stereocenters. The summed E-state index contributed by atoms with van der Waals surface area (Å²) in [5.74, 6) is 1.23. The van der Waals surface area contributed by atoms with Crippen molar-refractivity contribution in [1.82, 2.24) is 0 Å². The topological polar surface area (TPSA) is 50.4 Å². The summed E-state index contributed by atoms with van der Waals surface area (Å²) in [6.07, 6.45) is 1.36. The molecular weight excluding hydrogens is 392 g/mol. The van der Waals surface area contributed by atoms with E-state index in [1.165, 1.54) is 4.88 Å². The zero-order valence-electron chi connectivity index (χ0n) is 16.9. The number of nitrogens with one attached hydrogen (secondary N) is 2. The van der Waals surface area contributed by atoms with Gasteiger partial charge in [0.15, 0.2) is 5.78 Å². The largest absolute Gasteiger partial charge is 0.494 e. The molecule has 3 aromatic rings. The van der Waals surface area contributed by atoms with Crippen LogP contribution in [-0.4, -0.2) is 12.4 Å². The fourth-order valence-electron chi connectivity index (χ4n) is 4.46. The van der Waals surface area contributed by atoms with Crippen LogP contribution in [0.25, 0.3) is 0 Å². The van der Waals surface area contributed by atoms with E-state index in [1.54, 1.807) is 11.3 Å². The molecule has 2 atom stereocenters. The van der Waals surface area contributed by atoms with E-state index in [1.807, 2.05) is 37.3 Å². The van der Waals surface area contributed by atoms with Gasteiger partial charge in [0.1, 0.15) is 5.75 Å². The minimum atomic E-state index is -0.254. The number of ether oxygens (including phenoxy) is 1. The summed E-state index contributed by atoms with van der Waals surface area (Å²) in [5.41, 5.74) is 4.82. The molecule has 1 aliphatic heterocycles. The molecule has 2 N–H and O–H groups in total. The molecule has 5 rings (SSSR count). The number of hydrogen-bond donors (Lipinski definition) is 2. The molecule has 0 fully saturated rings. The molecular formula is C25H24N2O2S. The van der Waals surface area contributed by atoms with E-state index >= 15 is 0 Å². The van der Waals surface area contributed by atoms with Gasteiger partial charge in [-0.1, -0.05) is 36.4 Å². The highest BCUT2D eigenvalue weighted by atomic mass is 32.1. The SMILES string of the molecule is CCOc1ccccc1[C@@H]1Nc2ccccc2NC2=C1C(=O)C[C@H](c1cccs1)C2. The zero-order chi connectivity index (χ0) is 20.5. The number of rotatable bonds is 4. The second-order valence-electron chi connectivity index (χ2n) is 7.65. The highest BCUT2D eigenvalue weighted by Gasteiger charge is 2.37. The van der Waals surface area contributed by atoms with Gasteiger partial charge < -0.3 is 15.4 Å². The molecule has 0 saturated heterocycles. The van der Waals surface area contributed by atoms with Crippen LogP contribution in [0.5, 0.6) is 5.75 Å². The van der Waals surface area contributed by atoms with Gasteiger partial charge in [-0.05, 0) is 43.0 Å². The Labute approximate surface area is 180 Å². The first kappa shape index (κ1) is 18.9. The van der Waals surface area contributed by atoms with Gasteiger partial charge in [0.2, 0.25) is 0 Å². The van der Waals surface area contributed by atoms with E-state index in [2.05, 4.69) is 46.3 Å². The van der Waals surface area contributed by atoms with E-state index in [9.17, 15) is 4.79 Å². The summed E-state index contributed by atoms with van der Waals surface area (Å²) in [6, 6.07) is 20.1. The number of anilines is 2. The number of fused-ring (bicyclic) bond motifs is 1. The van der Waals surface area contributed by atoms with Crippen LogP contribution in [-0.2, 0) is 4.79 Å². The molecule has 2 aromatic carbocycles. The summed E-state index contributed by atoms with van der Waals surface area (Å²) in [5, 5.41) is 9.32. The molecule has 0 radical (unpaired) electrons. The smallest absolute Gasteiger partial charge is 0.163 e. The molecule has 1 aromatic heterocycles. The molecule has 0 spiro atoms. The van der Waals surface area contributed by atoms with Crippen molar-refractivity contribution in [1.29, 1.82) is 0 Å². The van der Waals surface area contributed by atoms with Crippen LogP contribution in [0.15, 0.2) is 77.3 Å². The third kappa shape index (κ3) is 3.39. The normalized spacial score (nSPS) is 20.5. The lowest BCUT2D eigenvalue weighted by Crippen LogP contribution is -2.27. The lowest BCUT2D eigenvalue weighted by Gasteiger charge is -2.30. The quantitative estimate of drug-likeness (QED) is 0.537. The second-order valence-corrected chi connectivity index (χ2v) is 8.63. The number of para-hydroxylation sites is 3. The minimum absolute atomic E-state index is 0.193. The molecule has 0 bridgehead atoms. The average Bonchev–Trinajstić information content (AvgIpc) is 3.24. The van der Waals surface area contributed by atoms with Crippen LogP contribution in [0.4, 0.5) is 11.4 Å². The fourth-order valence-corrected chi connectivity index (χ4v) is 5.29. The number of ketones is 1. The van der Waals surface area contributed by atoms with Crippen LogP contribution in [0.2, 0.25) is 0 Å². The Morgan fingerprint density at radius 1 is 1.00 bits per heavy atom. The van der Waals surface area contributed by atoms with Crippen LogP contribution >= 0.6 is 11.3 Å². The molecule has 1 aliphatic carbocycles. The van der Waals surface area contributed by atoms with Gasteiger partial charge in [0, 0.05) is 34.0 Å². The summed E-state index contributed by atoms with van der Waals surface area (Å²) in [6.45, 7) is 2.56. The van der Waals surface area contributed by atoms with Gasteiger partial charge in [-0.15, -0.1) is 11.3 Å². The number of benzene rings is 2. The first-order valence-electron chi connectivity index (χ1n) is 10.4. The Bertz CT molecular complexity index is 1100. The predicted molar refractivity (Wildman–Crippen MR) is 122 cm³/mol. The Hall–Kier alpha value is -3.05. The number of carbonyl (C=O) groups excluding carboxylic acids is 1. The lowest BCUT2D eigenvalue weighted by atomic mass is 9.80. The highest BCUT2D eigenvalue weighted by molar-refractivity contribution is 7.10. The Morgan fingerprint density at radius 2 is 1.80 bits per heavy atom. The first-order valence-corrected chi connectivity index (χ1v) is 11.3. The molecule has 0 amide bonds. The number of Topliss-reactive ketones (excluding diaryl/α,β-unsaturated/α-hetero) is 1. The monoisotopic (exact) mass is 416 g/mol. The van der Waals surface area contributed by atoms with E-state index in [0.717, 1.165) is 40.4 Å². The van der Waals surface area contributed by atoms with Crippen LogP contribution < -0.4 is 15.4 Å². The Balaban J connectivity index is 1.64. The molecule has 4 nitrogen and oxygen atoms in total. The predicted octanol–water partition coefficient (Wildman–Crippen LogP) is 6.13. The van der Waals surface area contributed by atoms with E-state index < -0.39 is 0 Å². The van der Waals surface area contributed by atoms with Crippen molar-refractivity contribution < 1.29 is 9.53 Å². The van der Waals surface area contributed by atoms with Gasteiger partial charge >= 0.3 is 0 Å². The van der Waals surface area contributed by atoms with Gasteiger partial charge in [0.05, 0.1) is 24.0 Å². The van der Waals surface area contributed by atoms with Crippen LogP contribution in [0, 0.1) is 0 Å². The van der Waals surface area contributed by atoms with Crippen molar-refractivity contribution in [3.05, 3.63) is 87.8 Å². The maximum atomic E-state index is 13.5. The van der Waals surface area contributed by atoms with E-state index in [4.69, 9.17) is 4.74 Å². The molecule has 2 aliphatic rings. The van der Waals surface area contributed by atoms with Gasteiger partial charge in [-0.2, -0.15) is 0 Å². The maximum absolute atomic E-state index is 13.5. The van der Waals surface area contributed by atoms with E-state index in [0.29, 0.717) is 13.0 Å². The Kier molecular flexibility index (Phi) is 5.05. The number of allylic oxidation sites excluding steroid dienone is 1. The van der Waals surface area contributed by atoms with Crippen molar-refractivity contribution in [2.24, 2.45) is 0 Å². The van der Waals surface area contributed by atoms with Crippen molar-refractivity contribution >= 4 is 28.5 Å². The van der Waals surface area contributed by atoms with Gasteiger partial charge in [-0.3, -0.25) is 4.79 Å². The van der Waals surface area contributed by atoms with Crippen molar-refractivity contribution in [2.75, 3.05) is 17.2 Å². The lowest BCUT2D eigenvalue weighted by molar-refractivity contribution is -0.116. The van der Waals surface area contributed by atoms with Crippen molar-refractivity contribution in [3.8, 4) is 5.75 Å². The average molecular weight is 417 g/mol. The highest BCUT2D eigenvalue weighted by Crippen LogP contribution is 2.46. The molecule has 2 heterocycles. The summed E-state index contributed by atoms with van der Waals surface area (Å²) in [4.78, 5) is 14.8. The van der Waals surface area contributed by atoms with Crippen LogP contribution in [0.1, 0.15) is 42.2 Å². The molecule has 152 valence electrons. The molecule has 0 saturated carbocycles. The summed E-state index contributed by atoms with van der Waals surface area (Å²) < 4.78 is 5.92. The summed E-state index contributed by atoms with van der Waals surface area (Å²) in [7, 11) is 0. The Morgan fingerprint density at radius 3 is 2.60 bits per heavy atom. The van der Waals surface area contributed by atoms with E-state index in [-0.39, 0.29) is 17.7 Å². The zero-order valence-corrected chi connectivity index (χ0v) is 17.7. The van der Waals surface area contributed by atoms with Crippen LogP contribution in [0.3, 0.4) is 0 Å². The third-order valence-corrected chi connectivity index (χ3v) is 6.82. The maximum Gasteiger partial charge on any atom is 0.163 e. The number of thiophene rings is 1. The third-order valence-electron chi connectivity index (χ3n) is 5.78. The second kappa shape index (κ2) is 8.00. The number of hydrogen-bond acceptors (Lipinski definition) is 5. The van der Waals surface area contributed by atoms with Gasteiger partial charge in [-0.25, -0.2) is 0 Å². The molecule has 5 heteroatoms. The standard InChI is InChI=1S/C25H24N2O2S/c1-2-29-22-11-6-3-8-17(22)25-24-20(26-18-9-4-5-10-19(18)27-25)14-16(15-21(24)28)23-12-7-13-30-23/h3-13,16,25-27H,2,14-15H2,1H3/t16-,25+/m1/s1. The fraction of sp³-hybridized carbons (Fsp3) is 0.240. The number of carbonyl (C=O) groups is 1. The molecule has 30 heavy (non-hydrogen) atoms.